The van der Waals surface area contributed by atoms with Crippen molar-refractivity contribution < 1.29 is 4.74 Å². The van der Waals surface area contributed by atoms with Crippen LogP contribution in [0.5, 0.6) is 0 Å². The van der Waals surface area contributed by atoms with Crippen LogP contribution in [-0.4, -0.2) is 36.3 Å². The summed E-state index contributed by atoms with van der Waals surface area (Å²) in [6, 6.07) is 24.2. The SMILES string of the molecule is N#Cc1ccc(-c2ccc3ncnc(Nc4ccc(N5CCOCC5)cc4)c3c2)cc1. The Hall–Kier alpha value is -3.95. The molecule has 152 valence electrons. The summed E-state index contributed by atoms with van der Waals surface area (Å²) >= 11 is 0. The predicted molar refractivity (Wildman–Crippen MR) is 122 cm³/mol. The summed E-state index contributed by atoms with van der Waals surface area (Å²) < 4.78 is 5.44. The molecule has 4 aromatic rings. The molecule has 0 atom stereocenters. The van der Waals surface area contributed by atoms with Crippen molar-refractivity contribution in [2.75, 3.05) is 36.5 Å². The van der Waals surface area contributed by atoms with E-state index >= 15 is 0 Å². The summed E-state index contributed by atoms with van der Waals surface area (Å²) in [5.41, 5.74) is 5.80. The highest BCUT2D eigenvalue weighted by Crippen LogP contribution is 2.29. The third-order valence-electron chi connectivity index (χ3n) is 5.49. The number of nitrogens with one attached hydrogen (secondary N) is 1. The molecule has 0 amide bonds. The van der Waals surface area contributed by atoms with Gasteiger partial charge in [0.1, 0.15) is 12.1 Å². The van der Waals surface area contributed by atoms with E-state index in [1.165, 1.54) is 5.69 Å². The van der Waals surface area contributed by atoms with Crippen LogP contribution in [-0.2, 0) is 4.74 Å². The molecule has 0 unspecified atom stereocenters. The number of ether oxygens (including phenoxy) is 1. The highest BCUT2D eigenvalue weighted by molar-refractivity contribution is 5.93. The van der Waals surface area contributed by atoms with E-state index in [0.717, 1.165) is 59.8 Å². The van der Waals surface area contributed by atoms with Crippen LogP contribution >= 0.6 is 0 Å². The van der Waals surface area contributed by atoms with E-state index in [-0.39, 0.29) is 0 Å². The molecule has 1 aromatic heterocycles. The molecule has 6 heteroatoms. The second-order valence-corrected chi connectivity index (χ2v) is 7.41. The van der Waals surface area contributed by atoms with Crippen LogP contribution in [0.3, 0.4) is 0 Å². The lowest BCUT2D eigenvalue weighted by Crippen LogP contribution is -2.36. The lowest BCUT2D eigenvalue weighted by atomic mass is 10.0. The lowest BCUT2D eigenvalue weighted by molar-refractivity contribution is 0.122. The van der Waals surface area contributed by atoms with Crippen molar-refractivity contribution in [1.82, 2.24) is 9.97 Å². The van der Waals surface area contributed by atoms with Crippen LogP contribution in [0.1, 0.15) is 5.56 Å². The van der Waals surface area contributed by atoms with Gasteiger partial charge in [-0.1, -0.05) is 18.2 Å². The van der Waals surface area contributed by atoms with Gasteiger partial charge >= 0.3 is 0 Å². The van der Waals surface area contributed by atoms with E-state index in [2.05, 4.69) is 56.6 Å². The number of benzene rings is 3. The van der Waals surface area contributed by atoms with Crippen molar-refractivity contribution >= 4 is 28.1 Å². The maximum absolute atomic E-state index is 9.03. The standard InChI is InChI=1S/C25H21N5O/c26-16-18-1-3-19(4-2-18)20-5-10-24-23(15-20)25(28-17-27-24)29-21-6-8-22(9-7-21)30-11-13-31-14-12-30/h1-10,15,17H,11-14H2,(H,27,28,29). The molecule has 5 rings (SSSR count). The largest absolute Gasteiger partial charge is 0.378 e. The van der Waals surface area contributed by atoms with Gasteiger partial charge < -0.3 is 15.0 Å². The van der Waals surface area contributed by atoms with Gasteiger partial charge in [-0.3, -0.25) is 0 Å². The van der Waals surface area contributed by atoms with E-state index in [1.54, 1.807) is 6.33 Å². The highest BCUT2D eigenvalue weighted by atomic mass is 16.5. The average Bonchev–Trinajstić information content (AvgIpc) is 2.85. The number of hydrogen-bond acceptors (Lipinski definition) is 6. The number of nitrogens with zero attached hydrogens (tertiary/aromatic N) is 4. The molecule has 1 aliphatic rings. The quantitative estimate of drug-likeness (QED) is 0.526. The number of aromatic nitrogens is 2. The van der Waals surface area contributed by atoms with Crippen LogP contribution < -0.4 is 10.2 Å². The maximum Gasteiger partial charge on any atom is 0.141 e. The molecule has 31 heavy (non-hydrogen) atoms. The highest BCUT2D eigenvalue weighted by Gasteiger charge is 2.11. The van der Waals surface area contributed by atoms with Gasteiger partial charge in [-0.2, -0.15) is 5.26 Å². The molecule has 0 bridgehead atoms. The number of anilines is 3. The number of nitriles is 1. The zero-order valence-electron chi connectivity index (χ0n) is 17.0. The molecule has 0 aliphatic carbocycles. The van der Waals surface area contributed by atoms with Gasteiger partial charge in [0, 0.05) is 29.9 Å². The average molecular weight is 407 g/mol. The van der Waals surface area contributed by atoms with Gasteiger partial charge in [-0.15, -0.1) is 0 Å². The first-order valence-corrected chi connectivity index (χ1v) is 10.3. The van der Waals surface area contributed by atoms with Crippen LogP contribution in [0.25, 0.3) is 22.0 Å². The third kappa shape index (κ3) is 4.04. The Kier molecular flexibility index (Phi) is 5.17. The molecular weight excluding hydrogens is 386 g/mol. The topological polar surface area (TPSA) is 74.1 Å². The van der Waals surface area contributed by atoms with Crippen LogP contribution in [0.2, 0.25) is 0 Å². The first-order valence-electron chi connectivity index (χ1n) is 10.3. The molecule has 3 aromatic carbocycles. The molecule has 2 heterocycles. The summed E-state index contributed by atoms with van der Waals surface area (Å²) in [5.74, 6) is 0.764. The van der Waals surface area contributed by atoms with E-state index in [4.69, 9.17) is 10.00 Å². The minimum atomic E-state index is 0.649. The number of morpholine rings is 1. The second kappa shape index (κ2) is 8.42. The van der Waals surface area contributed by atoms with E-state index in [9.17, 15) is 0 Å². The minimum Gasteiger partial charge on any atom is -0.378 e. The molecule has 6 nitrogen and oxygen atoms in total. The van der Waals surface area contributed by atoms with Crippen molar-refractivity contribution in [3.05, 3.63) is 78.6 Å². The first-order chi connectivity index (χ1) is 15.3. The molecule has 1 fully saturated rings. The Balaban J connectivity index is 1.43. The fraction of sp³-hybridized carbons (Fsp3) is 0.160. The number of hydrogen-bond donors (Lipinski definition) is 1. The fourth-order valence-corrected chi connectivity index (χ4v) is 3.79. The van der Waals surface area contributed by atoms with Crippen molar-refractivity contribution in [2.24, 2.45) is 0 Å². The van der Waals surface area contributed by atoms with E-state index in [1.807, 2.05) is 36.4 Å². The molecule has 1 saturated heterocycles. The predicted octanol–water partition coefficient (Wildman–Crippen LogP) is 4.75. The second-order valence-electron chi connectivity index (χ2n) is 7.41. The summed E-state index contributed by atoms with van der Waals surface area (Å²) in [5, 5.41) is 13.4. The maximum atomic E-state index is 9.03. The van der Waals surface area contributed by atoms with Gasteiger partial charge in [0.05, 0.1) is 30.4 Å². The van der Waals surface area contributed by atoms with E-state index < -0.39 is 0 Å². The Labute approximate surface area is 180 Å². The minimum absolute atomic E-state index is 0.649. The molecular formula is C25H21N5O. The summed E-state index contributed by atoms with van der Waals surface area (Å²) in [4.78, 5) is 11.2. The van der Waals surface area contributed by atoms with Crippen LogP contribution in [0.4, 0.5) is 17.2 Å². The van der Waals surface area contributed by atoms with Gasteiger partial charge in [-0.25, -0.2) is 9.97 Å². The van der Waals surface area contributed by atoms with Crippen molar-refractivity contribution in [1.29, 1.82) is 5.26 Å². The lowest BCUT2D eigenvalue weighted by Gasteiger charge is -2.28. The monoisotopic (exact) mass is 407 g/mol. The number of fused-ring (bicyclic) bond motifs is 1. The summed E-state index contributed by atoms with van der Waals surface area (Å²) in [6.45, 7) is 3.38. The van der Waals surface area contributed by atoms with Crippen LogP contribution in [0, 0.1) is 11.3 Å². The number of rotatable bonds is 4. The Morgan fingerprint density at radius 2 is 1.61 bits per heavy atom. The third-order valence-corrected chi connectivity index (χ3v) is 5.49. The molecule has 0 spiro atoms. The first kappa shape index (κ1) is 19.0. The fourth-order valence-electron chi connectivity index (χ4n) is 3.79. The normalized spacial score (nSPS) is 13.7. The van der Waals surface area contributed by atoms with Gasteiger partial charge in [0.15, 0.2) is 0 Å². The molecule has 0 radical (unpaired) electrons. The summed E-state index contributed by atoms with van der Waals surface area (Å²) in [7, 11) is 0. The van der Waals surface area contributed by atoms with Crippen molar-refractivity contribution in [3.8, 4) is 17.2 Å². The molecule has 1 N–H and O–H groups in total. The van der Waals surface area contributed by atoms with Crippen molar-refractivity contribution in [2.45, 2.75) is 0 Å². The summed E-state index contributed by atoms with van der Waals surface area (Å²) in [6.07, 6.45) is 1.58. The smallest absolute Gasteiger partial charge is 0.141 e. The Bertz CT molecular complexity index is 1240. The molecule has 0 saturated carbocycles. The van der Waals surface area contributed by atoms with E-state index in [0.29, 0.717) is 5.56 Å². The zero-order chi connectivity index (χ0) is 21.0. The molecule has 1 aliphatic heterocycles. The van der Waals surface area contributed by atoms with Gasteiger partial charge in [0.2, 0.25) is 0 Å². The van der Waals surface area contributed by atoms with Crippen LogP contribution in [0.15, 0.2) is 73.1 Å². The zero-order valence-corrected chi connectivity index (χ0v) is 17.0. The Morgan fingerprint density at radius 1 is 0.871 bits per heavy atom. The Morgan fingerprint density at radius 3 is 2.35 bits per heavy atom. The van der Waals surface area contributed by atoms with Gasteiger partial charge in [-0.05, 0) is 59.7 Å². The van der Waals surface area contributed by atoms with Gasteiger partial charge in [0.25, 0.3) is 0 Å². The van der Waals surface area contributed by atoms with Crippen molar-refractivity contribution in [3.63, 3.8) is 0 Å².